The van der Waals surface area contributed by atoms with Gasteiger partial charge in [-0.2, -0.15) is 0 Å². The number of benzene rings is 3. The molecule has 0 radical (unpaired) electrons. The average Bonchev–Trinajstić information content (AvgIpc) is 3.55. The van der Waals surface area contributed by atoms with Gasteiger partial charge in [0.05, 0.1) is 0 Å². The molecule has 184 valence electrons. The van der Waals surface area contributed by atoms with Crippen LogP contribution in [0.2, 0.25) is 5.02 Å². The number of halogens is 1. The minimum atomic E-state index is -0.0439. The highest BCUT2D eigenvalue weighted by Crippen LogP contribution is 2.35. The van der Waals surface area contributed by atoms with Gasteiger partial charge < -0.3 is 19.4 Å². The molecule has 7 heteroatoms. The van der Waals surface area contributed by atoms with E-state index in [9.17, 15) is 4.79 Å². The van der Waals surface area contributed by atoms with Gasteiger partial charge in [0.15, 0.2) is 11.5 Å². The van der Waals surface area contributed by atoms with Gasteiger partial charge in [-0.1, -0.05) is 48.0 Å². The second-order valence-electron chi connectivity index (χ2n) is 9.44. The lowest BCUT2D eigenvalue weighted by molar-refractivity contribution is -0.133. The van der Waals surface area contributed by atoms with Crippen LogP contribution in [0.25, 0.3) is 10.9 Å². The molecule has 3 aromatic carbocycles. The zero-order valence-corrected chi connectivity index (χ0v) is 20.7. The van der Waals surface area contributed by atoms with Crippen molar-refractivity contribution in [2.75, 3.05) is 33.0 Å². The van der Waals surface area contributed by atoms with E-state index >= 15 is 0 Å². The van der Waals surface area contributed by atoms with E-state index in [4.69, 9.17) is 21.1 Å². The number of amides is 1. The lowest BCUT2D eigenvalue weighted by atomic mass is 9.87. The number of hydrogen-bond donors (Lipinski definition) is 1. The molecule has 36 heavy (non-hydrogen) atoms. The lowest BCUT2D eigenvalue weighted by Crippen LogP contribution is -2.48. The first-order valence-electron chi connectivity index (χ1n) is 12.3. The fourth-order valence-electron chi connectivity index (χ4n) is 5.24. The molecule has 0 spiro atoms. The number of carbonyl (C=O) groups is 1. The van der Waals surface area contributed by atoms with Crippen molar-refractivity contribution >= 4 is 28.4 Å². The second kappa shape index (κ2) is 9.88. The van der Waals surface area contributed by atoms with Gasteiger partial charge >= 0.3 is 0 Å². The molecule has 4 aromatic rings. The molecular formula is C29H28ClN3O3. The van der Waals surface area contributed by atoms with Gasteiger partial charge in [-0.05, 0) is 47.0 Å². The third-order valence-corrected chi connectivity index (χ3v) is 7.47. The third kappa shape index (κ3) is 4.66. The minimum absolute atomic E-state index is 0.0439. The quantitative estimate of drug-likeness (QED) is 0.383. The van der Waals surface area contributed by atoms with Gasteiger partial charge in [0.25, 0.3) is 0 Å². The Morgan fingerprint density at radius 1 is 0.944 bits per heavy atom. The fraction of sp³-hybridized carbons (Fsp3) is 0.276. The summed E-state index contributed by atoms with van der Waals surface area (Å²) in [5.74, 6) is 1.76. The Balaban J connectivity index is 1.14. The smallest absolute Gasteiger partial charge is 0.231 e. The van der Waals surface area contributed by atoms with Gasteiger partial charge in [0.1, 0.15) is 0 Å². The summed E-state index contributed by atoms with van der Waals surface area (Å²) in [5.41, 5.74) is 4.51. The van der Waals surface area contributed by atoms with E-state index < -0.39 is 0 Å². The number of carbonyl (C=O) groups excluding carboxylic acids is 1. The van der Waals surface area contributed by atoms with Gasteiger partial charge in [-0.15, -0.1) is 0 Å². The maximum absolute atomic E-state index is 13.5. The summed E-state index contributed by atoms with van der Waals surface area (Å²) < 4.78 is 10.9. The van der Waals surface area contributed by atoms with Crippen molar-refractivity contribution < 1.29 is 14.3 Å². The second-order valence-corrected chi connectivity index (χ2v) is 9.88. The van der Waals surface area contributed by atoms with Crippen LogP contribution in [0.1, 0.15) is 29.0 Å². The molecule has 0 saturated carbocycles. The van der Waals surface area contributed by atoms with Crippen LogP contribution >= 0.6 is 11.6 Å². The molecule has 0 bridgehead atoms. The number of nitrogens with zero attached hydrogens (tertiary/aromatic N) is 2. The highest BCUT2D eigenvalue weighted by atomic mass is 35.5. The summed E-state index contributed by atoms with van der Waals surface area (Å²) in [4.78, 5) is 21.3. The Morgan fingerprint density at radius 3 is 2.56 bits per heavy atom. The van der Waals surface area contributed by atoms with Crippen LogP contribution in [-0.2, 0) is 11.3 Å². The minimum Gasteiger partial charge on any atom is -0.454 e. The molecule has 1 saturated heterocycles. The number of H-pyrrole nitrogens is 1. The van der Waals surface area contributed by atoms with Crippen LogP contribution in [0, 0.1) is 0 Å². The number of piperazine rings is 1. The number of aromatic amines is 1. The predicted octanol–water partition coefficient (Wildman–Crippen LogP) is 5.42. The number of para-hydroxylation sites is 1. The van der Waals surface area contributed by atoms with Crippen molar-refractivity contribution in [2.45, 2.75) is 18.9 Å². The maximum atomic E-state index is 13.5. The fourth-order valence-corrected chi connectivity index (χ4v) is 5.37. The normalized spacial score (nSPS) is 16.4. The molecule has 3 heterocycles. The van der Waals surface area contributed by atoms with Crippen LogP contribution in [0.4, 0.5) is 0 Å². The molecule has 1 amide bonds. The maximum Gasteiger partial charge on any atom is 0.231 e. The van der Waals surface area contributed by atoms with Crippen molar-refractivity contribution in [1.82, 2.24) is 14.8 Å². The van der Waals surface area contributed by atoms with Crippen LogP contribution in [0.3, 0.4) is 0 Å². The van der Waals surface area contributed by atoms with E-state index in [1.165, 1.54) is 5.56 Å². The molecule has 2 aliphatic rings. The summed E-state index contributed by atoms with van der Waals surface area (Å²) in [6.07, 6.45) is 2.46. The number of rotatable bonds is 6. The first-order valence-corrected chi connectivity index (χ1v) is 12.7. The SMILES string of the molecule is O=C(CC(c1ccc(Cl)cc1)c1c[nH]c2ccccc12)N1CCN(Cc2ccc3c(c2)OCO3)CC1. The summed E-state index contributed by atoms with van der Waals surface area (Å²) in [5, 5.41) is 1.85. The molecule has 1 unspecified atom stereocenters. The van der Waals surface area contributed by atoms with Gasteiger partial charge in [-0.3, -0.25) is 9.69 Å². The van der Waals surface area contributed by atoms with E-state index in [0.717, 1.165) is 66.3 Å². The monoisotopic (exact) mass is 501 g/mol. The average molecular weight is 502 g/mol. The summed E-state index contributed by atoms with van der Waals surface area (Å²) >= 11 is 6.16. The predicted molar refractivity (Wildman–Crippen MR) is 141 cm³/mol. The number of hydrogen-bond acceptors (Lipinski definition) is 4. The zero-order chi connectivity index (χ0) is 24.5. The van der Waals surface area contributed by atoms with E-state index in [-0.39, 0.29) is 18.6 Å². The van der Waals surface area contributed by atoms with Crippen LogP contribution in [0.15, 0.2) is 72.9 Å². The highest BCUT2D eigenvalue weighted by Gasteiger charge is 2.27. The van der Waals surface area contributed by atoms with Crippen molar-refractivity contribution in [3.63, 3.8) is 0 Å². The molecule has 6 nitrogen and oxygen atoms in total. The lowest BCUT2D eigenvalue weighted by Gasteiger charge is -2.35. The Kier molecular flexibility index (Phi) is 6.30. The molecule has 1 atom stereocenters. The van der Waals surface area contributed by atoms with Crippen molar-refractivity contribution in [3.8, 4) is 11.5 Å². The molecule has 1 N–H and O–H groups in total. The number of ether oxygens (including phenoxy) is 2. The van der Waals surface area contributed by atoms with Crippen molar-refractivity contribution in [1.29, 1.82) is 0 Å². The van der Waals surface area contributed by atoms with Crippen LogP contribution < -0.4 is 9.47 Å². The molecule has 1 fully saturated rings. The van der Waals surface area contributed by atoms with Crippen molar-refractivity contribution in [2.24, 2.45) is 0 Å². The van der Waals surface area contributed by atoms with Crippen molar-refractivity contribution in [3.05, 3.63) is 94.6 Å². The standard InChI is InChI=1S/C29H28ClN3O3/c30-22-8-6-21(7-9-22)24(25-17-31-26-4-2-1-3-23(25)26)16-29(34)33-13-11-32(12-14-33)18-20-5-10-27-28(15-20)36-19-35-27/h1-10,15,17,24,31H,11-14,16,18-19H2. The molecule has 1 aromatic heterocycles. The van der Waals surface area contributed by atoms with E-state index in [1.54, 1.807) is 0 Å². The summed E-state index contributed by atoms with van der Waals surface area (Å²) in [7, 11) is 0. The topological polar surface area (TPSA) is 57.8 Å². The molecule has 2 aliphatic heterocycles. The van der Waals surface area contributed by atoms with Gasteiger partial charge in [-0.25, -0.2) is 0 Å². The number of nitrogens with one attached hydrogen (secondary N) is 1. The number of fused-ring (bicyclic) bond motifs is 2. The Hall–Kier alpha value is -3.48. The van der Waals surface area contributed by atoms with Gasteiger partial charge in [0.2, 0.25) is 12.7 Å². The Labute approximate surface area is 215 Å². The van der Waals surface area contributed by atoms with Gasteiger partial charge in [0, 0.05) is 67.2 Å². The zero-order valence-electron chi connectivity index (χ0n) is 20.0. The molecule has 6 rings (SSSR count). The van der Waals surface area contributed by atoms with E-state index in [2.05, 4.69) is 34.1 Å². The molecular weight excluding hydrogens is 474 g/mol. The number of aromatic nitrogens is 1. The van der Waals surface area contributed by atoms with Crippen LogP contribution in [-0.4, -0.2) is 53.7 Å². The van der Waals surface area contributed by atoms with E-state index in [0.29, 0.717) is 11.4 Å². The van der Waals surface area contributed by atoms with E-state index in [1.807, 2.05) is 53.6 Å². The summed E-state index contributed by atoms with van der Waals surface area (Å²) in [6.45, 7) is 4.27. The molecule has 0 aliphatic carbocycles. The first-order chi connectivity index (χ1) is 17.6. The highest BCUT2D eigenvalue weighted by molar-refractivity contribution is 6.30. The Morgan fingerprint density at radius 2 is 1.72 bits per heavy atom. The first kappa shape index (κ1) is 23.0. The Bertz CT molecular complexity index is 1380. The third-order valence-electron chi connectivity index (χ3n) is 7.22. The largest absolute Gasteiger partial charge is 0.454 e. The summed E-state index contributed by atoms with van der Waals surface area (Å²) in [6, 6.07) is 22.2. The van der Waals surface area contributed by atoms with Crippen LogP contribution in [0.5, 0.6) is 11.5 Å².